The van der Waals surface area contributed by atoms with E-state index in [1.807, 2.05) is 0 Å². The highest BCUT2D eigenvalue weighted by atomic mass is 14.3. The molecule has 1 rings (SSSR count). The van der Waals surface area contributed by atoms with E-state index in [0.717, 1.165) is 23.7 Å². The van der Waals surface area contributed by atoms with Crippen LogP contribution in [0.25, 0.3) is 0 Å². The summed E-state index contributed by atoms with van der Waals surface area (Å²) in [5.41, 5.74) is 0. The second-order valence-corrected chi connectivity index (χ2v) is 5.63. The highest BCUT2D eigenvalue weighted by Crippen LogP contribution is 2.35. The fourth-order valence-electron chi connectivity index (χ4n) is 2.79. The number of hydrogen-bond donors (Lipinski definition) is 0. The third-order valence-corrected chi connectivity index (χ3v) is 3.71. The molecule has 0 heteroatoms. The highest BCUT2D eigenvalue weighted by Gasteiger charge is 2.23. The molecule has 0 radical (unpaired) electrons. The quantitative estimate of drug-likeness (QED) is 0.603. The molecular weight excluding hydrogens is 156 g/mol. The Morgan fingerprint density at radius 2 is 1.54 bits per heavy atom. The molecule has 1 fully saturated rings. The van der Waals surface area contributed by atoms with Crippen molar-refractivity contribution in [2.45, 2.75) is 59.8 Å². The summed E-state index contributed by atoms with van der Waals surface area (Å²) in [6.45, 7) is 9.56. The minimum absolute atomic E-state index is 0.884. The standard InChI is InChI=1S/C13H26/c1-10(2)9-12(4)13-7-5-11(3)6-8-13/h10-13H,5-9H2,1-4H3/t11?,12-,13?/m1/s1. The summed E-state index contributed by atoms with van der Waals surface area (Å²) in [5.74, 6) is 3.89. The summed E-state index contributed by atoms with van der Waals surface area (Å²) >= 11 is 0. The van der Waals surface area contributed by atoms with Gasteiger partial charge in [0.25, 0.3) is 0 Å². The second-order valence-electron chi connectivity index (χ2n) is 5.63. The Morgan fingerprint density at radius 1 is 1.00 bits per heavy atom. The maximum absolute atomic E-state index is 2.46. The molecular formula is C13H26. The molecule has 1 atom stereocenters. The predicted octanol–water partition coefficient (Wildman–Crippen LogP) is 4.49. The summed E-state index contributed by atoms with van der Waals surface area (Å²) in [4.78, 5) is 0. The largest absolute Gasteiger partial charge is 0.0628 e. The molecule has 1 saturated carbocycles. The lowest BCUT2D eigenvalue weighted by atomic mass is 9.75. The van der Waals surface area contributed by atoms with Gasteiger partial charge in [0, 0.05) is 0 Å². The lowest BCUT2D eigenvalue weighted by Crippen LogP contribution is -2.20. The van der Waals surface area contributed by atoms with Crippen LogP contribution in [0.4, 0.5) is 0 Å². The fourth-order valence-corrected chi connectivity index (χ4v) is 2.79. The second kappa shape index (κ2) is 5.02. The lowest BCUT2D eigenvalue weighted by Gasteiger charge is -2.31. The normalized spacial score (nSPS) is 32.1. The summed E-state index contributed by atoms with van der Waals surface area (Å²) in [5, 5.41) is 0. The van der Waals surface area contributed by atoms with E-state index in [4.69, 9.17) is 0 Å². The zero-order valence-electron chi connectivity index (χ0n) is 9.84. The molecule has 0 aromatic heterocycles. The van der Waals surface area contributed by atoms with Gasteiger partial charge < -0.3 is 0 Å². The zero-order chi connectivity index (χ0) is 9.84. The average molecular weight is 182 g/mol. The van der Waals surface area contributed by atoms with Gasteiger partial charge in [-0.3, -0.25) is 0 Å². The van der Waals surface area contributed by atoms with Crippen LogP contribution in [-0.4, -0.2) is 0 Å². The molecule has 0 unspecified atom stereocenters. The molecule has 78 valence electrons. The maximum Gasteiger partial charge on any atom is -0.0388 e. The summed E-state index contributed by atoms with van der Waals surface area (Å²) in [6.07, 6.45) is 7.38. The van der Waals surface area contributed by atoms with Gasteiger partial charge in [0.2, 0.25) is 0 Å². The Hall–Kier alpha value is 0. The van der Waals surface area contributed by atoms with Crippen molar-refractivity contribution in [1.82, 2.24) is 0 Å². The van der Waals surface area contributed by atoms with Gasteiger partial charge in [-0.15, -0.1) is 0 Å². The highest BCUT2D eigenvalue weighted by molar-refractivity contribution is 4.74. The molecule has 0 heterocycles. The van der Waals surface area contributed by atoms with Crippen LogP contribution in [0.5, 0.6) is 0 Å². The van der Waals surface area contributed by atoms with Crippen molar-refractivity contribution < 1.29 is 0 Å². The Balaban J connectivity index is 2.27. The third-order valence-electron chi connectivity index (χ3n) is 3.71. The molecule has 0 bridgehead atoms. The van der Waals surface area contributed by atoms with Crippen LogP contribution in [0.2, 0.25) is 0 Å². The van der Waals surface area contributed by atoms with E-state index in [0.29, 0.717) is 0 Å². The van der Waals surface area contributed by atoms with E-state index in [-0.39, 0.29) is 0 Å². The van der Waals surface area contributed by atoms with Crippen molar-refractivity contribution >= 4 is 0 Å². The molecule has 1 aliphatic carbocycles. The van der Waals surface area contributed by atoms with Gasteiger partial charge in [0.05, 0.1) is 0 Å². The van der Waals surface area contributed by atoms with Crippen molar-refractivity contribution in [3.05, 3.63) is 0 Å². The van der Waals surface area contributed by atoms with Gasteiger partial charge in [0.15, 0.2) is 0 Å². The van der Waals surface area contributed by atoms with E-state index in [2.05, 4.69) is 27.7 Å². The summed E-state index contributed by atoms with van der Waals surface area (Å²) in [7, 11) is 0. The topological polar surface area (TPSA) is 0 Å². The Labute approximate surface area is 84.1 Å². The van der Waals surface area contributed by atoms with Gasteiger partial charge in [-0.2, -0.15) is 0 Å². The Kier molecular flexibility index (Phi) is 4.28. The van der Waals surface area contributed by atoms with E-state index in [9.17, 15) is 0 Å². The van der Waals surface area contributed by atoms with Crippen molar-refractivity contribution in [3.63, 3.8) is 0 Å². The molecule has 0 saturated heterocycles. The maximum atomic E-state index is 2.46. The molecule has 0 N–H and O–H groups in total. The van der Waals surface area contributed by atoms with E-state index >= 15 is 0 Å². The Morgan fingerprint density at radius 3 is 2.00 bits per heavy atom. The van der Waals surface area contributed by atoms with Crippen molar-refractivity contribution in [2.75, 3.05) is 0 Å². The van der Waals surface area contributed by atoms with Crippen LogP contribution < -0.4 is 0 Å². The van der Waals surface area contributed by atoms with Crippen molar-refractivity contribution in [3.8, 4) is 0 Å². The lowest BCUT2D eigenvalue weighted by molar-refractivity contribution is 0.203. The zero-order valence-corrected chi connectivity index (χ0v) is 9.84. The van der Waals surface area contributed by atoms with Crippen LogP contribution in [0, 0.1) is 23.7 Å². The van der Waals surface area contributed by atoms with Crippen LogP contribution in [0.3, 0.4) is 0 Å². The molecule has 0 aromatic rings. The van der Waals surface area contributed by atoms with E-state index in [1.54, 1.807) is 0 Å². The first-order valence-electron chi connectivity index (χ1n) is 6.09. The minimum atomic E-state index is 0.884. The summed E-state index contributed by atoms with van der Waals surface area (Å²) < 4.78 is 0. The SMILES string of the molecule is CC(C)C[C@@H](C)C1CCC(C)CC1. The van der Waals surface area contributed by atoms with Gasteiger partial charge in [-0.05, 0) is 42.9 Å². The molecule has 0 amide bonds. The van der Waals surface area contributed by atoms with E-state index < -0.39 is 0 Å². The molecule has 0 aliphatic heterocycles. The van der Waals surface area contributed by atoms with Crippen molar-refractivity contribution in [2.24, 2.45) is 23.7 Å². The molecule has 0 nitrogen and oxygen atoms in total. The Bertz CT molecular complexity index is 129. The van der Waals surface area contributed by atoms with Crippen molar-refractivity contribution in [1.29, 1.82) is 0 Å². The van der Waals surface area contributed by atoms with Gasteiger partial charge >= 0.3 is 0 Å². The van der Waals surface area contributed by atoms with Gasteiger partial charge in [-0.1, -0.05) is 40.5 Å². The van der Waals surface area contributed by atoms with Crippen LogP contribution >= 0.6 is 0 Å². The first kappa shape index (κ1) is 11.1. The monoisotopic (exact) mass is 182 g/mol. The van der Waals surface area contributed by atoms with Gasteiger partial charge in [0.1, 0.15) is 0 Å². The van der Waals surface area contributed by atoms with Crippen LogP contribution in [-0.2, 0) is 0 Å². The molecule has 13 heavy (non-hydrogen) atoms. The predicted molar refractivity (Wildman–Crippen MR) is 59.7 cm³/mol. The molecule has 0 aromatic carbocycles. The average Bonchev–Trinajstić information content (AvgIpc) is 2.04. The van der Waals surface area contributed by atoms with E-state index in [1.165, 1.54) is 32.1 Å². The molecule has 0 spiro atoms. The number of hydrogen-bond acceptors (Lipinski definition) is 0. The fraction of sp³-hybridized carbons (Fsp3) is 1.00. The smallest absolute Gasteiger partial charge is 0.0388 e. The third kappa shape index (κ3) is 3.70. The summed E-state index contributed by atoms with van der Waals surface area (Å²) in [6, 6.07) is 0. The van der Waals surface area contributed by atoms with Crippen LogP contribution in [0.15, 0.2) is 0 Å². The first-order valence-corrected chi connectivity index (χ1v) is 6.09. The van der Waals surface area contributed by atoms with Crippen LogP contribution in [0.1, 0.15) is 59.8 Å². The van der Waals surface area contributed by atoms with Gasteiger partial charge in [-0.25, -0.2) is 0 Å². The number of rotatable bonds is 3. The first-order chi connectivity index (χ1) is 6.09. The molecule has 1 aliphatic rings. The minimum Gasteiger partial charge on any atom is -0.0628 e.